The highest BCUT2D eigenvalue weighted by Gasteiger charge is 2.16. The summed E-state index contributed by atoms with van der Waals surface area (Å²) in [5, 5.41) is 2.67. The van der Waals surface area contributed by atoms with Gasteiger partial charge in [-0.25, -0.2) is 8.42 Å². The molecule has 0 radical (unpaired) electrons. The Morgan fingerprint density at radius 3 is 1.86 bits per heavy atom. The second-order valence-corrected chi connectivity index (χ2v) is 7.54. The molecule has 0 aliphatic carbocycles. The summed E-state index contributed by atoms with van der Waals surface area (Å²) in [6, 6.07) is 20.2. The summed E-state index contributed by atoms with van der Waals surface area (Å²) in [5.41, 5.74) is 6.29. The van der Waals surface area contributed by atoms with Crippen molar-refractivity contribution in [3.8, 4) is 0 Å². The van der Waals surface area contributed by atoms with E-state index in [9.17, 15) is 18.0 Å². The molecule has 4 N–H and O–H groups in total. The highest BCUT2D eigenvalue weighted by atomic mass is 32.2. The zero-order chi connectivity index (χ0) is 20.1. The highest BCUT2D eigenvalue weighted by molar-refractivity contribution is 7.92. The number of para-hydroxylation sites is 2. The van der Waals surface area contributed by atoms with Gasteiger partial charge in [0.05, 0.1) is 16.3 Å². The van der Waals surface area contributed by atoms with Crippen molar-refractivity contribution >= 4 is 33.2 Å². The minimum atomic E-state index is -3.80. The van der Waals surface area contributed by atoms with Crippen LogP contribution in [0, 0.1) is 0 Å². The van der Waals surface area contributed by atoms with E-state index < -0.39 is 21.8 Å². The van der Waals surface area contributed by atoms with E-state index in [0.717, 1.165) is 0 Å². The van der Waals surface area contributed by atoms with Crippen molar-refractivity contribution in [2.45, 2.75) is 4.90 Å². The molecule has 8 heteroatoms. The van der Waals surface area contributed by atoms with Gasteiger partial charge in [0.1, 0.15) is 0 Å². The van der Waals surface area contributed by atoms with Crippen molar-refractivity contribution in [2.75, 3.05) is 10.0 Å². The maximum Gasteiger partial charge on any atom is 0.261 e. The quantitative estimate of drug-likeness (QED) is 0.595. The number of amides is 2. The van der Waals surface area contributed by atoms with E-state index in [4.69, 9.17) is 5.73 Å². The molecular formula is C20H17N3O4S. The lowest BCUT2D eigenvalue weighted by molar-refractivity contribution is 0.0995. The van der Waals surface area contributed by atoms with E-state index >= 15 is 0 Å². The van der Waals surface area contributed by atoms with E-state index in [1.165, 1.54) is 36.4 Å². The second-order valence-electron chi connectivity index (χ2n) is 5.86. The third-order valence-electron chi connectivity index (χ3n) is 3.90. The molecule has 0 bridgehead atoms. The minimum Gasteiger partial charge on any atom is -0.366 e. The van der Waals surface area contributed by atoms with Crippen LogP contribution in [0.3, 0.4) is 0 Å². The van der Waals surface area contributed by atoms with Gasteiger partial charge in [-0.2, -0.15) is 0 Å². The molecular weight excluding hydrogens is 378 g/mol. The summed E-state index contributed by atoms with van der Waals surface area (Å²) < 4.78 is 27.6. The van der Waals surface area contributed by atoms with E-state index in [1.807, 2.05) is 0 Å². The summed E-state index contributed by atoms with van der Waals surface area (Å²) in [7, 11) is -3.80. The van der Waals surface area contributed by atoms with Gasteiger partial charge >= 0.3 is 0 Å². The number of sulfonamides is 1. The number of carbonyl (C=O) groups excluding carboxylic acids is 2. The molecule has 0 fully saturated rings. The lowest BCUT2D eigenvalue weighted by atomic mass is 10.1. The summed E-state index contributed by atoms with van der Waals surface area (Å²) >= 11 is 0. The monoisotopic (exact) mass is 395 g/mol. The molecule has 0 aliphatic heterocycles. The Balaban J connectivity index is 1.82. The van der Waals surface area contributed by atoms with Crippen molar-refractivity contribution in [1.82, 2.24) is 0 Å². The van der Waals surface area contributed by atoms with Crippen LogP contribution in [0.1, 0.15) is 20.7 Å². The molecule has 28 heavy (non-hydrogen) atoms. The van der Waals surface area contributed by atoms with Gasteiger partial charge in [0.15, 0.2) is 0 Å². The topological polar surface area (TPSA) is 118 Å². The molecule has 0 aromatic heterocycles. The van der Waals surface area contributed by atoms with Gasteiger partial charge in [0.25, 0.3) is 15.9 Å². The summed E-state index contributed by atoms with van der Waals surface area (Å²) in [6.45, 7) is 0. The van der Waals surface area contributed by atoms with Crippen LogP contribution >= 0.6 is 0 Å². The zero-order valence-corrected chi connectivity index (χ0v) is 15.4. The van der Waals surface area contributed by atoms with Gasteiger partial charge in [-0.15, -0.1) is 0 Å². The summed E-state index contributed by atoms with van der Waals surface area (Å²) in [6.07, 6.45) is 0. The predicted molar refractivity (Wildman–Crippen MR) is 107 cm³/mol. The Morgan fingerprint density at radius 2 is 1.25 bits per heavy atom. The fourth-order valence-electron chi connectivity index (χ4n) is 2.46. The van der Waals surface area contributed by atoms with Gasteiger partial charge in [-0.05, 0) is 48.5 Å². The minimum absolute atomic E-state index is 0.109. The van der Waals surface area contributed by atoms with E-state index in [0.29, 0.717) is 11.3 Å². The molecule has 0 aliphatic rings. The first-order valence-corrected chi connectivity index (χ1v) is 9.73. The van der Waals surface area contributed by atoms with E-state index in [-0.39, 0.29) is 16.1 Å². The van der Waals surface area contributed by atoms with E-state index in [1.54, 1.807) is 42.5 Å². The summed E-state index contributed by atoms with van der Waals surface area (Å²) in [5.74, 6) is -1.05. The fraction of sp³-hybridized carbons (Fsp3) is 0. The smallest absolute Gasteiger partial charge is 0.261 e. The van der Waals surface area contributed by atoms with Gasteiger partial charge in [-0.3, -0.25) is 14.3 Å². The molecule has 3 rings (SSSR count). The molecule has 142 valence electrons. The highest BCUT2D eigenvalue weighted by Crippen LogP contribution is 2.25. The lowest BCUT2D eigenvalue weighted by Crippen LogP contribution is -2.17. The Morgan fingerprint density at radius 1 is 0.714 bits per heavy atom. The fourth-order valence-corrected chi connectivity index (χ4v) is 3.57. The normalized spacial score (nSPS) is 10.9. The molecule has 0 heterocycles. The first kappa shape index (κ1) is 19.1. The SMILES string of the molecule is NC(=O)c1ccc(C(=O)Nc2ccccc2NS(=O)(=O)c2ccccc2)cc1. The molecule has 0 unspecified atom stereocenters. The third-order valence-corrected chi connectivity index (χ3v) is 5.29. The number of nitrogens with one attached hydrogen (secondary N) is 2. The van der Waals surface area contributed by atoms with Crippen LogP contribution in [0.5, 0.6) is 0 Å². The maximum atomic E-state index is 12.5. The lowest BCUT2D eigenvalue weighted by Gasteiger charge is -2.13. The standard InChI is InChI=1S/C20H17N3O4S/c21-19(24)14-10-12-15(13-11-14)20(25)22-17-8-4-5-9-18(17)23-28(26,27)16-6-2-1-3-7-16/h1-13,23H,(H2,21,24)(H,22,25). The molecule has 0 saturated heterocycles. The van der Waals surface area contributed by atoms with Gasteiger partial charge in [-0.1, -0.05) is 30.3 Å². The first-order chi connectivity index (χ1) is 13.4. The van der Waals surface area contributed by atoms with Crippen LogP contribution in [0.25, 0.3) is 0 Å². The van der Waals surface area contributed by atoms with Gasteiger partial charge < -0.3 is 11.1 Å². The Kier molecular flexibility index (Phi) is 5.42. The van der Waals surface area contributed by atoms with Crippen molar-refractivity contribution in [1.29, 1.82) is 0 Å². The number of primary amides is 1. The van der Waals surface area contributed by atoms with Crippen LogP contribution in [-0.4, -0.2) is 20.2 Å². The van der Waals surface area contributed by atoms with E-state index in [2.05, 4.69) is 10.0 Å². The Labute approximate surface area is 162 Å². The Hall–Kier alpha value is -3.65. The number of nitrogens with two attached hydrogens (primary N) is 1. The van der Waals surface area contributed by atoms with Gasteiger partial charge in [0.2, 0.25) is 5.91 Å². The number of carbonyl (C=O) groups is 2. The number of rotatable bonds is 6. The van der Waals surface area contributed by atoms with Crippen LogP contribution in [0.15, 0.2) is 83.8 Å². The number of hydrogen-bond acceptors (Lipinski definition) is 4. The predicted octanol–water partition coefficient (Wildman–Crippen LogP) is 2.84. The average molecular weight is 395 g/mol. The molecule has 0 saturated carbocycles. The summed E-state index contributed by atoms with van der Waals surface area (Å²) in [4.78, 5) is 23.7. The number of hydrogen-bond donors (Lipinski definition) is 3. The molecule has 3 aromatic rings. The van der Waals surface area contributed by atoms with Crippen molar-refractivity contribution in [2.24, 2.45) is 5.73 Å². The van der Waals surface area contributed by atoms with Crippen molar-refractivity contribution < 1.29 is 18.0 Å². The van der Waals surface area contributed by atoms with Crippen LogP contribution in [0.2, 0.25) is 0 Å². The second kappa shape index (κ2) is 7.93. The van der Waals surface area contributed by atoms with Crippen molar-refractivity contribution in [3.63, 3.8) is 0 Å². The zero-order valence-electron chi connectivity index (χ0n) is 14.6. The van der Waals surface area contributed by atoms with Crippen LogP contribution < -0.4 is 15.8 Å². The molecule has 2 amide bonds. The van der Waals surface area contributed by atoms with Gasteiger partial charge in [0, 0.05) is 11.1 Å². The largest absolute Gasteiger partial charge is 0.366 e. The molecule has 0 spiro atoms. The van der Waals surface area contributed by atoms with Crippen molar-refractivity contribution in [3.05, 3.63) is 90.0 Å². The van der Waals surface area contributed by atoms with Crippen LogP contribution in [-0.2, 0) is 10.0 Å². The first-order valence-electron chi connectivity index (χ1n) is 8.25. The maximum absolute atomic E-state index is 12.5. The Bertz CT molecular complexity index is 1110. The van der Waals surface area contributed by atoms with Crippen LogP contribution in [0.4, 0.5) is 11.4 Å². The molecule has 7 nitrogen and oxygen atoms in total. The average Bonchev–Trinajstić information content (AvgIpc) is 2.70. The number of anilines is 2. The molecule has 0 atom stereocenters. The third kappa shape index (κ3) is 4.36. The number of benzene rings is 3. The molecule has 3 aromatic carbocycles.